The first-order valence-electron chi connectivity index (χ1n) is 4.22. The van der Waals surface area contributed by atoms with Crippen LogP contribution in [0.1, 0.15) is 0 Å². The molecule has 1 saturated heterocycles. The average Bonchev–Trinajstić information content (AvgIpc) is 2.91. The highest BCUT2D eigenvalue weighted by Gasteiger charge is 2.21. The van der Waals surface area contributed by atoms with Crippen molar-refractivity contribution >= 4 is 0 Å². The van der Waals surface area contributed by atoms with Crippen molar-refractivity contribution in [3.63, 3.8) is 0 Å². The van der Waals surface area contributed by atoms with Crippen LogP contribution in [-0.2, 0) is 14.2 Å². The Morgan fingerprint density at radius 1 is 1.54 bits per heavy atom. The number of ether oxygens (including phenoxy) is 3. The minimum Gasteiger partial charge on any atom is -0.389 e. The van der Waals surface area contributed by atoms with Gasteiger partial charge in [0.05, 0.1) is 25.9 Å². The molecule has 2 atom stereocenters. The molecule has 13 heavy (non-hydrogen) atoms. The lowest BCUT2D eigenvalue weighted by atomic mass is 10.4. The van der Waals surface area contributed by atoms with Crippen LogP contribution in [0.25, 0.3) is 0 Å². The summed E-state index contributed by atoms with van der Waals surface area (Å²) in [7, 11) is 3.21. The lowest BCUT2D eigenvalue weighted by Gasteiger charge is -2.02. The van der Waals surface area contributed by atoms with E-state index in [1.54, 1.807) is 7.11 Å². The maximum atomic E-state index is 8.61. The summed E-state index contributed by atoms with van der Waals surface area (Å²) in [6.07, 6.45) is -0.0694. The van der Waals surface area contributed by atoms with Gasteiger partial charge in [0, 0.05) is 20.8 Å². The molecule has 0 bridgehead atoms. The summed E-state index contributed by atoms with van der Waals surface area (Å²) in [6, 6.07) is 0. The molecule has 1 rings (SSSR count). The molecule has 0 amide bonds. The van der Waals surface area contributed by atoms with Crippen molar-refractivity contribution in [1.29, 1.82) is 0 Å². The molecule has 0 spiro atoms. The van der Waals surface area contributed by atoms with Crippen LogP contribution in [0.5, 0.6) is 0 Å². The van der Waals surface area contributed by atoms with E-state index in [1.807, 2.05) is 0 Å². The molecule has 0 radical (unpaired) electrons. The number of methoxy groups -OCH3 is 2. The SMILES string of the molecule is COCC(O)CN.COCC1CO1. The summed E-state index contributed by atoms with van der Waals surface area (Å²) < 4.78 is 14.1. The fourth-order valence-corrected chi connectivity index (χ4v) is 0.611. The molecular weight excluding hydrogens is 174 g/mol. The van der Waals surface area contributed by atoms with E-state index < -0.39 is 6.10 Å². The topological polar surface area (TPSA) is 77.2 Å². The van der Waals surface area contributed by atoms with Gasteiger partial charge in [0.1, 0.15) is 6.10 Å². The molecule has 2 unspecified atom stereocenters. The van der Waals surface area contributed by atoms with Gasteiger partial charge in [-0.15, -0.1) is 0 Å². The lowest BCUT2D eigenvalue weighted by molar-refractivity contribution is 0.0702. The molecule has 0 aliphatic carbocycles. The van der Waals surface area contributed by atoms with Gasteiger partial charge in [-0.1, -0.05) is 0 Å². The highest BCUT2D eigenvalue weighted by atomic mass is 16.6. The van der Waals surface area contributed by atoms with E-state index in [0.717, 1.165) is 13.2 Å². The van der Waals surface area contributed by atoms with Gasteiger partial charge in [0.15, 0.2) is 0 Å². The second-order valence-corrected chi connectivity index (χ2v) is 2.76. The van der Waals surface area contributed by atoms with Crippen molar-refractivity contribution in [3.8, 4) is 0 Å². The molecule has 1 aliphatic heterocycles. The maximum absolute atomic E-state index is 8.61. The third-order valence-electron chi connectivity index (χ3n) is 1.39. The summed E-state index contributed by atoms with van der Waals surface area (Å²) in [4.78, 5) is 0. The van der Waals surface area contributed by atoms with Crippen molar-refractivity contribution in [2.75, 3.05) is 40.6 Å². The molecule has 1 heterocycles. The van der Waals surface area contributed by atoms with Gasteiger partial charge in [-0.2, -0.15) is 0 Å². The standard InChI is InChI=1S/C4H11NO2.C4H8O2/c1-7-3-4(6)2-5;1-5-2-4-3-6-4/h4,6H,2-3,5H2,1H3;4H,2-3H2,1H3. The molecule has 1 fully saturated rings. The van der Waals surface area contributed by atoms with Crippen LogP contribution in [0.3, 0.4) is 0 Å². The predicted molar refractivity (Wildman–Crippen MR) is 48.6 cm³/mol. The van der Waals surface area contributed by atoms with Gasteiger partial charge < -0.3 is 25.1 Å². The van der Waals surface area contributed by atoms with Crippen LogP contribution in [0, 0.1) is 0 Å². The Hall–Kier alpha value is -0.200. The Morgan fingerprint density at radius 3 is 2.31 bits per heavy atom. The second-order valence-electron chi connectivity index (χ2n) is 2.76. The van der Waals surface area contributed by atoms with Crippen molar-refractivity contribution in [2.24, 2.45) is 5.73 Å². The summed E-state index contributed by atoms with van der Waals surface area (Å²) in [6.45, 7) is 2.26. The second kappa shape index (κ2) is 8.40. The maximum Gasteiger partial charge on any atom is 0.104 e. The van der Waals surface area contributed by atoms with Gasteiger partial charge in [-0.05, 0) is 0 Å². The fraction of sp³-hybridized carbons (Fsp3) is 1.00. The number of epoxide rings is 1. The van der Waals surface area contributed by atoms with Gasteiger partial charge in [-0.3, -0.25) is 0 Å². The molecule has 1 aliphatic rings. The molecule has 0 aromatic heterocycles. The van der Waals surface area contributed by atoms with Crippen LogP contribution < -0.4 is 5.73 Å². The lowest BCUT2D eigenvalue weighted by Crippen LogP contribution is -2.24. The Kier molecular flexibility index (Phi) is 8.27. The molecule has 80 valence electrons. The first kappa shape index (κ1) is 12.8. The van der Waals surface area contributed by atoms with E-state index in [1.165, 1.54) is 7.11 Å². The molecule has 5 heteroatoms. The highest BCUT2D eigenvalue weighted by molar-refractivity contribution is 4.66. The molecule has 0 saturated carbocycles. The summed E-state index contributed by atoms with van der Waals surface area (Å²) in [5.74, 6) is 0. The van der Waals surface area contributed by atoms with Crippen molar-refractivity contribution in [3.05, 3.63) is 0 Å². The van der Waals surface area contributed by atoms with Crippen LogP contribution in [0.2, 0.25) is 0 Å². The van der Waals surface area contributed by atoms with Crippen molar-refractivity contribution in [1.82, 2.24) is 0 Å². The van der Waals surface area contributed by atoms with E-state index in [2.05, 4.69) is 4.74 Å². The van der Waals surface area contributed by atoms with Gasteiger partial charge in [0.25, 0.3) is 0 Å². The summed E-state index contributed by atoms with van der Waals surface area (Å²) >= 11 is 0. The monoisotopic (exact) mass is 193 g/mol. The quantitative estimate of drug-likeness (QED) is 0.547. The van der Waals surface area contributed by atoms with Gasteiger partial charge >= 0.3 is 0 Å². The zero-order chi connectivity index (χ0) is 10.1. The molecular formula is C8H19NO4. The minimum atomic E-state index is -0.495. The first-order valence-corrected chi connectivity index (χ1v) is 4.22. The van der Waals surface area contributed by atoms with E-state index >= 15 is 0 Å². The van der Waals surface area contributed by atoms with Crippen molar-refractivity contribution in [2.45, 2.75) is 12.2 Å². The Balaban J connectivity index is 0.000000223. The third kappa shape index (κ3) is 9.72. The number of nitrogens with two attached hydrogens (primary N) is 1. The Labute approximate surface area is 78.8 Å². The molecule has 3 N–H and O–H groups in total. The van der Waals surface area contributed by atoms with E-state index in [0.29, 0.717) is 12.7 Å². The Bertz CT molecular complexity index is 108. The zero-order valence-electron chi connectivity index (χ0n) is 8.23. The molecule has 5 nitrogen and oxygen atoms in total. The zero-order valence-corrected chi connectivity index (χ0v) is 8.23. The average molecular weight is 193 g/mol. The normalized spacial score (nSPS) is 21.7. The number of rotatable bonds is 5. The van der Waals surface area contributed by atoms with Crippen LogP contribution in [0.15, 0.2) is 0 Å². The molecule has 0 aromatic rings. The van der Waals surface area contributed by atoms with Gasteiger partial charge in [0.2, 0.25) is 0 Å². The molecule has 0 aromatic carbocycles. The minimum absolute atomic E-state index is 0.272. The van der Waals surface area contributed by atoms with E-state index in [4.69, 9.17) is 20.3 Å². The van der Waals surface area contributed by atoms with E-state index in [9.17, 15) is 0 Å². The fourth-order valence-electron chi connectivity index (χ4n) is 0.611. The first-order chi connectivity index (χ1) is 6.24. The summed E-state index contributed by atoms with van der Waals surface area (Å²) in [5.41, 5.74) is 5.03. The van der Waals surface area contributed by atoms with Crippen LogP contribution >= 0.6 is 0 Å². The van der Waals surface area contributed by atoms with Crippen LogP contribution in [-0.4, -0.2) is 57.9 Å². The summed E-state index contributed by atoms with van der Waals surface area (Å²) in [5, 5.41) is 8.61. The van der Waals surface area contributed by atoms with Crippen molar-refractivity contribution < 1.29 is 19.3 Å². The number of hydrogen-bond donors (Lipinski definition) is 2. The Morgan fingerprint density at radius 2 is 2.15 bits per heavy atom. The largest absolute Gasteiger partial charge is 0.389 e. The van der Waals surface area contributed by atoms with E-state index in [-0.39, 0.29) is 6.54 Å². The smallest absolute Gasteiger partial charge is 0.104 e. The number of hydrogen-bond acceptors (Lipinski definition) is 5. The third-order valence-corrected chi connectivity index (χ3v) is 1.39. The number of aliphatic hydroxyl groups excluding tert-OH is 1. The van der Waals surface area contributed by atoms with Gasteiger partial charge in [-0.25, -0.2) is 0 Å². The predicted octanol–water partition coefficient (Wildman–Crippen LogP) is -1.02. The highest BCUT2D eigenvalue weighted by Crippen LogP contribution is 2.06. The van der Waals surface area contributed by atoms with Crippen LogP contribution in [0.4, 0.5) is 0 Å². The number of aliphatic hydroxyl groups is 1.